The zero-order valence-corrected chi connectivity index (χ0v) is 13.8. The lowest BCUT2D eigenvalue weighted by molar-refractivity contribution is 0.568. The zero-order valence-electron chi connectivity index (χ0n) is 12.8. The molecule has 0 saturated carbocycles. The van der Waals surface area contributed by atoms with Crippen LogP contribution < -0.4 is 10.5 Å². The van der Waals surface area contributed by atoms with E-state index in [1.165, 1.54) is 5.56 Å². The van der Waals surface area contributed by atoms with Crippen LogP contribution in [0, 0.1) is 0 Å². The van der Waals surface area contributed by atoms with E-state index in [1.807, 2.05) is 19.3 Å². The predicted molar refractivity (Wildman–Crippen MR) is 87.9 cm³/mol. The van der Waals surface area contributed by atoms with Crippen molar-refractivity contribution in [3.8, 4) is 0 Å². The fourth-order valence-corrected chi connectivity index (χ4v) is 3.05. The van der Waals surface area contributed by atoms with E-state index in [1.54, 1.807) is 0 Å². The second kappa shape index (κ2) is 6.04. The molecule has 0 unspecified atom stereocenters. The van der Waals surface area contributed by atoms with Crippen LogP contribution in [0.3, 0.4) is 0 Å². The van der Waals surface area contributed by atoms with Gasteiger partial charge in [-0.25, -0.2) is 0 Å². The van der Waals surface area contributed by atoms with Gasteiger partial charge in [-0.1, -0.05) is 26.0 Å². The largest absolute Gasteiger partial charge is 0.428 e. The van der Waals surface area contributed by atoms with Crippen molar-refractivity contribution >= 4 is 24.4 Å². The van der Waals surface area contributed by atoms with Crippen LogP contribution in [0.2, 0.25) is 13.1 Å². The number of nitrogens with zero attached hydrogens (tertiary/aromatic N) is 1. The van der Waals surface area contributed by atoms with Gasteiger partial charge in [0.15, 0.2) is 0 Å². The Labute approximate surface area is 122 Å². The Morgan fingerprint density at radius 3 is 2.65 bits per heavy atom. The van der Waals surface area contributed by atoms with Crippen LogP contribution in [0.5, 0.6) is 0 Å². The van der Waals surface area contributed by atoms with Crippen molar-refractivity contribution in [1.82, 2.24) is 10.3 Å². The van der Waals surface area contributed by atoms with Gasteiger partial charge in [-0.05, 0) is 48.9 Å². The molecule has 1 aromatic carbocycles. The molecule has 0 saturated heterocycles. The molecule has 2 rings (SSSR count). The average Bonchev–Trinajstić information content (AvgIpc) is 2.36. The maximum atomic E-state index is 10.2. The van der Waals surface area contributed by atoms with E-state index in [-0.39, 0.29) is 0 Å². The molecule has 2 N–H and O–H groups in total. The molecule has 0 aliphatic carbocycles. The number of aromatic nitrogens is 1. The summed E-state index contributed by atoms with van der Waals surface area (Å²) in [5.41, 5.74) is 2.31. The molecule has 1 heterocycles. The van der Waals surface area contributed by atoms with Crippen LogP contribution >= 0.6 is 0 Å². The highest BCUT2D eigenvalue weighted by Crippen LogP contribution is 2.14. The zero-order chi connectivity index (χ0) is 14.8. The Morgan fingerprint density at radius 1 is 1.25 bits per heavy atom. The summed E-state index contributed by atoms with van der Waals surface area (Å²) in [4.78, 5) is 14.7. The summed E-state index contributed by atoms with van der Waals surface area (Å²) < 4.78 is 0. The van der Waals surface area contributed by atoms with Crippen molar-refractivity contribution in [3.63, 3.8) is 0 Å². The van der Waals surface area contributed by atoms with Gasteiger partial charge < -0.3 is 10.1 Å². The van der Waals surface area contributed by atoms with Gasteiger partial charge in [-0.2, -0.15) is 0 Å². The molecule has 0 bridgehead atoms. The average molecular weight is 288 g/mol. The van der Waals surface area contributed by atoms with Gasteiger partial charge >= 0.3 is 0 Å². The van der Waals surface area contributed by atoms with Crippen molar-refractivity contribution in [3.05, 3.63) is 36.0 Å². The topological polar surface area (TPSA) is 45.1 Å². The highest BCUT2D eigenvalue weighted by Gasteiger charge is 2.20. The highest BCUT2D eigenvalue weighted by molar-refractivity contribution is 6.83. The van der Waals surface area contributed by atoms with Gasteiger partial charge in [0.05, 0.1) is 5.52 Å². The van der Waals surface area contributed by atoms with Gasteiger partial charge in [0, 0.05) is 17.6 Å². The summed E-state index contributed by atoms with van der Waals surface area (Å²) in [7, 11) is -2.27. The molecular formula is C16H24N2OSi. The number of pyridine rings is 1. The molecule has 4 heteroatoms. The van der Waals surface area contributed by atoms with Crippen molar-refractivity contribution in [2.45, 2.75) is 39.4 Å². The second-order valence-electron chi connectivity index (χ2n) is 6.17. The van der Waals surface area contributed by atoms with E-state index in [0.29, 0.717) is 6.04 Å². The lowest BCUT2D eigenvalue weighted by Crippen LogP contribution is -2.41. The van der Waals surface area contributed by atoms with Gasteiger partial charge in [-0.15, -0.1) is 0 Å². The van der Waals surface area contributed by atoms with Gasteiger partial charge in [0.1, 0.15) is 0 Å². The van der Waals surface area contributed by atoms with E-state index < -0.39 is 8.32 Å². The highest BCUT2D eigenvalue weighted by atomic mass is 28.4. The van der Waals surface area contributed by atoms with Gasteiger partial charge in [0.2, 0.25) is 8.32 Å². The van der Waals surface area contributed by atoms with E-state index >= 15 is 0 Å². The number of rotatable bonds is 5. The summed E-state index contributed by atoms with van der Waals surface area (Å²) in [5, 5.41) is 5.52. The first-order valence-corrected chi connectivity index (χ1v) is 10.2. The van der Waals surface area contributed by atoms with Gasteiger partial charge in [-0.3, -0.25) is 4.98 Å². The minimum absolute atomic E-state index is 0.521. The third kappa shape index (κ3) is 3.88. The smallest absolute Gasteiger partial charge is 0.215 e. The van der Waals surface area contributed by atoms with E-state index in [2.05, 4.69) is 48.4 Å². The first-order valence-electron chi connectivity index (χ1n) is 7.21. The predicted octanol–water partition coefficient (Wildman–Crippen LogP) is 2.18. The normalized spacial score (nSPS) is 12.3. The fourth-order valence-electron chi connectivity index (χ4n) is 2.16. The molecule has 0 atom stereocenters. The van der Waals surface area contributed by atoms with E-state index in [9.17, 15) is 4.80 Å². The maximum absolute atomic E-state index is 10.2. The summed E-state index contributed by atoms with van der Waals surface area (Å²) in [5.74, 6) is 0. The van der Waals surface area contributed by atoms with Crippen LogP contribution in [0.25, 0.3) is 10.9 Å². The molecule has 108 valence electrons. The number of benzene rings is 1. The standard InChI is InChI=1S/C16H24N2OSi/c1-12(2)17-8-7-13-5-6-14-10-15(20(3,4)19)11-18-16(14)9-13/h5-6,9-12,17,19H,7-8H2,1-4H3. The number of fused-ring (bicyclic) bond motifs is 1. The van der Waals surface area contributed by atoms with E-state index in [0.717, 1.165) is 29.1 Å². The third-order valence-corrected chi connectivity index (χ3v) is 5.11. The molecule has 0 fully saturated rings. The third-order valence-electron chi connectivity index (χ3n) is 3.42. The lowest BCUT2D eigenvalue weighted by Gasteiger charge is -2.14. The van der Waals surface area contributed by atoms with Crippen LogP contribution in [-0.4, -0.2) is 30.7 Å². The summed E-state index contributed by atoms with van der Waals surface area (Å²) in [6.45, 7) is 9.13. The van der Waals surface area contributed by atoms with Gasteiger partial charge in [0.25, 0.3) is 0 Å². The molecule has 0 amide bonds. The first kappa shape index (κ1) is 15.2. The van der Waals surface area contributed by atoms with Crippen LogP contribution in [0.1, 0.15) is 19.4 Å². The molecule has 20 heavy (non-hydrogen) atoms. The number of hydrogen-bond acceptors (Lipinski definition) is 3. The Balaban J connectivity index is 2.19. The Hall–Kier alpha value is -1.23. The molecule has 3 nitrogen and oxygen atoms in total. The Bertz CT molecular complexity index is 591. The summed E-state index contributed by atoms with van der Waals surface area (Å²) in [6.07, 6.45) is 2.84. The molecule has 0 radical (unpaired) electrons. The molecule has 2 aromatic rings. The molecule has 1 aromatic heterocycles. The van der Waals surface area contributed by atoms with Crippen molar-refractivity contribution in [2.24, 2.45) is 0 Å². The molecule has 0 aliphatic rings. The number of nitrogens with one attached hydrogen (secondary N) is 1. The SMILES string of the molecule is CC(C)NCCc1ccc2cc([Si](C)(C)O)cnc2c1. The summed E-state index contributed by atoms with van der Waals surface area (Å²) in [6, 6.07) is 9.00. The van der Waals surface area contributed by atoms with Crippen molar-refractivity contribution in [1.29, 1.82) is 0 Å². The maximum Gasteiger partial charge on any atom is 0.215 e. The Kier molecular flexibility index (Phi) is 4.58. The molecule has 0 aliphatic heterocycles. The van der Waals surface area contributed by atoms with Crippen molar-refractivity contribution < 1.29 is 4.80 Å². The fraction of sp³-hybridized carbons (Fsp3) is 0.438. The quantitative estimate of drug-likeness (QED) is 0.829. The molecular weight excluding hydrogens is 264 g/mol. The first-order chi connectivity index (χ1) is 9.36. The van der Waals surface area contributed by atoms with Crippen molar-refractivity contribution in [2.75, 3.05) is 6.54 Å². The number of hydrogen-bond donors (Lipinski definition) is 2. The lowest BCUT2D eigenvalue weighted by atomic mass is 10.1. The van der Waals surface area contributed by atoms with E-state index in [4.69, 9.17) is 0 Å². The monoisotopic (exact) mass is 288 g/mol. The van der Waals surface area contributed by atoms with Crippen LogP contribution in [-0.2, 0) is 6.42 Å². The van der Waals surface area contributed by atoms with Crippen LogP contribution in [0.15, 0.2) is 30.5 Å². The Morgan fingerprint density at radius 2 is 2.00 bits per heavy atom. The van der Waals surface area contributed by atoms with Crippen LogP contribution in [0.4, 0.5) is 0 Å². The minimum Gasteiger partial charge on any atom is -0.428 e. The minimum atomic E-state index is -2.27. The second-order valence-corrected chi connectivity index (χ2v) is 9.86. The summed E-state index contributed by atoms with van der Waals surface area (Å²) >= 11 is 0. The molecule has 0 spiro atoms.